The molecular formula is C10H10FNO2. The Balaban J connectivity index is 3.19. The van der Waals surface area contributed by atoms with E-state index in [4.69, 9.17) is 10.8 Å². The van der Waals surface area contributed by atoms with Crippen LogP contribution in [0.5, 0.6) is 0 Å². The first-order chi connectivity index (χ1) is 6.54. The second kappa shape index (κ2) is 4.02. The topological polar surface area (TPSA) is 63.3 Å². The molecule has 1 rings (SSSR count). The third-order valence-electron chi connectivity index (χ3n) is 1.81. The fourth-order valence-corrected chi connectivity index (χ4v) is 1.06. The van der Waals surface area contributed by atoms with E-state index in [1.165, 1.54) is 18.2 Å². The molecule has 0 heterocycles. The van der Waals surface area contributed by atoms with Crippen molar-refractivity contribution in [1.29, 1.82) is 0 Å². The van der Waals surface area contributed by atoms with E-state index in [0.29, 0.717) is 5.56 Å². The van der Waals surface area contributed by atoms with Crippen LogP contribution in [0.2, 0.25) is 0 Å². The lowest BCUT2D eigenvalue weighted by molar-refractivity contribution is 0.0696. The highest BCUT2D eigenvalue weighted by Gasteiger charge is 2.09. The number of rotatable bonds is 3. The van der Waals surface area contributed by atoms with Gasteiger partial charge < -0.3 is 10.8 Å². The maximum atomic E-state index is 12.9. The summed E-state index contributed by atoms with van der Waals surface area (Å²) < 4.78 is 12.9. The van der Waals surface area contributed by atoms with Gasteiger partial charge in [0.2, 0.25) is 0 Å². The van der Waals surface area contributed by atoms with Crippen LogP contribution in [-0.4, -0.2) is 11.1 Å². The Morgan fingerprint density at radius 2 is 2.21 bits per heavy atom. The van der Waals surface area contributed by atoms with Crippen molar-refractivity contribution in [3.8, 4) is 0 Å². The number of carbonyl (C=O) groups is 1. The fraction of sp³-hybridized carbons (Fsp3) is 0.100. The zero-order valence-electron chi connectivity index (χ0n) is 7.40. The van der Waals surface area contributed by atoms with Gasteiger partial charge in [-0.15, -0.1) is 6.58 Å². The molecule has 4 heteroatoms. The highest BCUT2D eigenvalue weighted by Crippen LogP contribution is 2.15. The average Bonchev–Trinajstić information content (AvgIpc) is 2.15. The minimum absolute atomic E-state index is 0.114. The molecule has 0 saturated carbocycles. The van der Waals surface area contributed by atoms with Crippen LogP contribution in [-0.2, 0) is 0 Å². The molecule has 3 N–H and O–H groups in total. The molecular weight excluding hydrogens is 185 g/mol. The second-order valence-corrected chi connectivity index (χ2v) is 2.84. The van der Waals surface area contributed by atoms with Crippen molar-refractivity contribution in [3.05, 3.63) is 47.8 Å². The van der Waals surface area contributed by atoms with Gasteiger partial charge in [-0.1, -0.05) is 6.08 Å². The van der Waals surface area contributed by atoms with E-state index in [1.807, 2.05) is 0 Å². The van der Waals surface area contributed by atoms with Gasteiger partial charge in [0, 0.05) is 6.04 Å². The quantitative estimate of drug-likeness (QED) is 0.721. The van der Waals surface area contributed by atoms with Crippen LogP contribution in [0.4, 0.5) is 4.39 Å². The van der Waals surface area contributed by atoms with Gasteiger partial charge in [0.25, 0.3) is 0 Å². The van der Waals surface area contributed by atoms with Gasteiger partial charge in [0.05, 0.1) is 5.56 Å². The van der Waals surface area contributed by atoms with Crippen LogP contribution in [0.25, 0.3) is 0 Å². The number of hydrogen-bond donors (Lipinski definition) is 2. The van der Waals surface area contributed by atoms with E-state index in [-0.39, 0.29) is 5.56 Å². The number of halogens is 1. The van der Waals surface area contributed by atoms with Gasteiger partial charge >= 0.3 is 5.97 Å². The summed E-state index contributed by atoms with van der Waals surface area (Å²) in [4.78, 5) is 10.6. The molecule has 74 valence electrons. The number of hydrogen-bond acceptors (Lipinski definition) is 2. The van der Waals surface area contributed by atoms with Crippen molar-refractivity contribution < 1.29 is 14.3 Å². The molecule has 3 nitrogen and oxygen atoms in total. The maximum Gasteiger partial charge on any atom is 0.335 e. The van der Waals surface area contributed by atoms with Crippen LogP contribution in [0.15, 0.2) is 30.9 Å². The monoisotopic (exact) mass is 195 g/mol. The molecule has 0 aliphatic rings. The third-order valence-corrected chi connectivity index (χ3v) is 1.81. The number of benzene rings is 1. The van der Waals surface area contributed by atoms with Gasteiger partial charge in [-0.3, -0.25) is 0 Å². The van der Waals surface area contributed by atoms with Crippen molar-refractivity contribution in [2.24, 2.45) is 5.73 Å². The Bertz CT molecular complexity index is 376. The number of nitrogens with two attached hydrogens (primary N) is 1. The molecule has 0 amide bonds. The Hall–Kier alpha value is -1.68. The average molecular weight is 195 g/mol. The lowest BCUT2D eigenvalue weighted by atomic mass is 10.0. The third kappa shape index (κ3) is 2.17. The predicted molar refractivity (Wildman–Crippen MR) is 50.5 cm³/mol. The first kappa shape index (κ1) is 10.4. The minimum Gasteiger partial charge on any atom is -0.478 e. The Labute approximate surface area is 80.7 Å². The minimum atomic E-state index is -1.18. The summed E-state index contributed by atoms with van der Waals surface area (Å²) in [6.45, 7) is 3.45. The Morgan fingerprint density at radius 1 is 1.57 bits per heavy atom. The van der Waals surface area contributed by atoms with Crippen molar-refractivity contribution in [3.63, 3.8) is 0 Å². The summed E-state index contributed by atoms with van der Waals surface area (Å²) in [5.74, 6) is -1.79. The molecule has 0 aromatic heterocycles. The summed E-state index contributed by atoms with van der Waals surface area (Å²) in [6.07, 6.45) is 1.42. The van der Waals surface area contributed by atoms with Crippen molar-refractivity contribution >= 4 is 5.97 Å². The van der Waals surface area contributed by atoms with Crippen LogP contribution >= 0.6 is 0 Å². The highest BCUT2D eigenvalue weighted by atomic mass is 19.1. The first-order valence-corrected chi connectivity index (χ1v) is 3.96. The summed E-state index contributed by atoms with van der Waals surface area (Å²) in [5, 5.41) is 8.65. The van der Waals surface area contributed by atoms with Crippen LogP contribution in [0, 0.1) is 5.82 Å². The first-order valence-electron chi connectivity index (χ1n) is 3.96. The second-order valence-electron chi connectivity index (χ2n) is 2.84. The molecule has 0 aliphatic heterocycles. The van der Waals surface area contributed by atoms with Crippen molar-refractivity contribution in [2.45, 2.75) is 6.04 Å². The zero-order valence-corrected chi connectivity index (χ0v) is 7.40. The molecule has 0 bridgehead atoms. The molecule has 1 atom stereocenters. The van der Waals surface area contributed by atoms with Crippen LogP contribution in [0.1, 0.15) is 22.0 Å². The SMILES string of the molecule is C=CC(N)c1cc(F)cc(C(=O)O)c1. The molecule has 1 aromatic carbocycles. The van der Waals surface area contributed by atoms with E-state index < -0.39 is 17.8 Å². The highest BCUT2D eigenvalue weighted by molar-refractivity contribution is 5.87. The van der Waals surface area contributed by atoms with E-state index >= 15 is 0 Å². The maximum absolute atomic E-state index is 12.9. The molecule has 0 spiro atoms. The van der Waals surface area contributed by atoms with E-state index in [9.17, 15) is 9.18 Å². The summed E-state index contributed by atoms with van der Waals surface area (Å²) in [6, 6.07) is 2.92. The Morgan fingerprint density at radius 3 is 2.71 bits per heavy atom. The fourth-order valence-electron chi connectivity index (χ4n) is 1.06. The van der Waals surface area contributed by atoms with Crippen molar-refractivity contribution in [2.75, 3.05) is 0 Å². The van der Waals surface area contributed by atoms with Gasteiger partial charge in [-0.2, -0.15) is 0 Å². The predicted octanol–water partition coefficient (Wildman–Crippen LogP) is 1.71. The van der Waals surface area contributed by atoms with Gasteiger partial charge in [0.15, 0.2) is 0 Å². The zero-order chi connectivity index (χ0) is 10.7. The van der Waals surface area contributed by atoms with Crippen molar-refractivity contribution in [1.82, 2.24) is 0 Å². The molecule has 1 aromatic rings. The number of carboxylic acid groups (broad SMARTS) is 1. The standard InChI is InChI=1S/C10H10FNO2/c1-2-9(12)6-3-7(10(13)14)5-8(11)4-6/h2-5,9H,1,12H2,(H,13,14). The number of carboxylic acids is 1. The lowest BCUT2D eigenvalue weighted by Gasteiger charge is -2.07. The van der Waals surface area contributed by atoms with Crippen LogP contribution in [0.3, 0.4) is 0 Å². The van der Waals surface area contributed by atoms with Crippen LogP contribution < -0.4 is 5.73 Å². The number of aromatic carboxylic acids is 1. The normalized spacial score (nSPS) is 12.1. The summed E-state index contributed by atoms with van der Waals surface area (Å²) in [5.41, 5.74) is 5.84. The summed E-state index contributed by atoms with van der Waals surface area (Å²) in [7, 11) is 0. The van der Waals surface area contributed by atoms with E-state index in [2.05, 4.69) is 6.58 Å². The smallest absolute Gasteiger partial charge is 0.335 e. The lowest BCUT2D eigenvalue weighted by Crippen LogP contribution is -2.08. The molecule has 0 aliphatic carbocycles. The summed E-state index contributed by atoms with van der Waals surface area (Å²) >= 11 is 0. The van der Waals surface area contributed by atoms with Gasteiger partial charge in [0.1, 0.15) is 5.82 Å². The molecule has 0 saturated heterocycles. The largest absolute Gasteiger partial charge is 0.478 e. The molecule has 0 fully saturated rings. The van der Waals surface area contributed by atoms with Gasteiger partial charge in [-0.05, 0) is 23.8 Å². The van der Waals surface area contributed by atoms with E-state index in [1.54, 1.807) is 0 Å². The van der Waals surface area contributed by atoms with E-state index in [0.717, 1.165) is 6.07 Å². The molecule has 14 heavy (non-hydrogen) atoms. The van der Waals surface area contributed by atoms with Gasteiger partial charge in [-0.25, -0.2) is 9.18 Å². The Kier molecular flexibility index (Phi) is 2.99. The molecule has 1 unspecified atom stereocenters. The molecule has 0 radical (unpaired) electrons.